The van der Waals surface area contributed by atoms with Crippen LogP contribution in [0.15, 0.2) is 30.5 Å². The molecule has 128 valence electrons. The van der Waals surface area contributed by atoms with E-state index in [-0.39, 0.29) is 11.1 Å². The average Bonchev–Trinajstić information content (AvgIpc) is 2.58. The number of benzene rings is 1. The summed E-state index contributed by atoms with van der Waals surface area (Å²) < 4.78 is 40.7. The van der Waals surface area contributed by atoms with Crippen LogP contribution in [-0.4, -0.2) is 4.98 Å². The van der Waals surface area contributed by atoms with Crippen LogP contribution in [0.3, 0.4) is 0 Å². The van der Waals surface area contributed by atoms with E-state index in [1.165, 1.54) is 25.7 Å². The fraction of sp³-hybridized carbons (Fsp3) is 0.450. The predicted octanol–water partition coefficient (Wildman–Crippen LogP) is 6.24. The first kappa shape index (κ1) is 17.0. The van der Waals surface area contributed by atoms with E-state index in [1.54, 1.807) is 12.1 Å². The third kappa shape index (κ3) is 3.63. The standard InChI is InChI=1S/C20H22F3N/c1-2-3-13-4-6-14(7-5-13)15-8-9-17(18(21)10-15)16-11-19(22)20(23)24-12-16/h8-14H,2-7H2,1H3. The summed E-state index contributed by atoms with van der Waals surface area (Å²) in [6, 6.07) is 6.08. The lowest BCUT2D eigenvalue weighted by Gasteiger charge is -2.28. The van der Waals surface area contributed by atoms with Gasteiger partial charge in [0.2, 0.25) is 5.95 Å². The maximum Gasteiger partial charge on any atom is 0.248 e. The van der Waals surface area contributed by atoms with Gasteiger partial charge in [0, 0.05) is 17.3 Å². The minimum absolute atomic E-state index is 0.254. The second-order valence-corrected chi connectivity index (χ2v) is 6.74. The molecule has 1 nitrogen and oxygen atoms in total. The van der Waals surface area contributed by atoms with Gasteiger partial charge in [-0.25, -0.2) is 13.8 Å². The van der Waals surface area contributed by atoms with Gasteiger partial charge in [-0.2, -0.15) is 4.39 Å². The van der Waals surface area contributed by atoms with Gasteiger partial charge in [-0.1, -0.05) is 31.9 Å². The molecule has 0 spiro atoms. The minimum atomic E-state index is -1.17. The zero-order valence-corrected chi connectivity index (χ0v) is 13.9. The zero-order valence-electron chi connectivity index (χ0n) is 13.9. The summed E-state index contributed by atoms with van der Waals surface area (Å²) in [5.41, 5.74) is 1.51. The number of nitrogens with zero attached hydrogens (tertiary/aromatic N) is 1. The SMILES string of the molecule is CCCC1CCC(c2ccc(-c3cnc(F)c(F)c3)c(F)c2)CC1. The topological polar surface area (TPSA) is 12.9 Å². The molecule has 1 heterocycles. The number of hydrogen-bond acceptors (Lipinski definition) is 1. The highest BCUT2D eigenvalue weighted by Gasteiger charge is 2.22. The number of pyridine rings is 1. The van der Waals surface area contributed by atoms with Crippen molar-refractivity contribution in [1.29, 1.82) is 0 Å². The first-order chi connectivity index (χ1) is 11.6. The van der Waals surface area contributed by atoms with Crippen LogP contribution in [0.5, 0.6) is 0 Å². The highest BCUT2D eigenvalue weighted by molar-refractivity contribution is 5.63. The van der Waals surface area contributed by atoms with E-state index in [4.69, 9.17) is 0 Å². The van der Waals surface area contributed by atoms with Crippen LogP contribution in [-0.2, 0) is 0 Å². The number of hydrogen-bond donors (Lipinski definition) is 0. The molecule has 0 bridgehead atoms. The van der Waals surface area contributed by atoms with Crippen LogP contribution in [0, 0.1) is 23.5 Å². The van der Waals surface area contributed by atoms with Crippen molar-refractivity contribution in [3.63, 3.8) is 0 Å². The van der Waals surface area contributed by atoms with Crippen LogP contribution in [0.2, 0.25) is 0 Å². The molecule has 1 aliphatic carbocycles. The molecule has 1 fully saturated rings. The lowest BCUT2D eigenvalue weighted by atomic mass is 9.77. The summed E-state index contributed by atoms with van der Waals surface area (Å²) in [5, 5.41) is 0. The Balaban J connectivity index is 1.76. The van der Waals surface area contributed by atoms with Gasteiger partial charge < -0.3 is 0 Å². The lowest BCUT2D eigenvalue weighted by Crippen LogP contribution is -2.13. The monoisotopic (exact) mass is 333 g/mol. The van der Waals surface area contributed by atoms with Gasteiger partial charge >= 0.3 is 0 Å². The quantitative estimate of drug-likeness (QED) is 0.604. The molecule has 3 rings (SSSR count). The third-order valence-corrected chi connectivity index (χ3v) is 5.12. The van der Waals surface area contributed by atoms with Crippen LogP contribution in [0.4, 0.5) is 13.2 Å². The Kier molecular flexibility index (Phi) is 5.22. The Labute approximate surface area is 140 Å². The van der Waals surface area contributed by atoms with E-state index in [0.29, 0.717) is 5.92 Å². The molecule has 0 aliphatic heterocycles. The van der Waals surface area contributed by atoms with E-state index in [1.807, 2.05) is 6.07 Å². The fourth-order valence-corrected chi connectivity index (χ4v) is 3.78. The smallest absolute Gasteiger partial charge is 0.225 e. The molecule has 0 radical (unpaired) electrons. The lowest BCUT2D eigenvalue weighted by molar-refractivity contribution is 0.308. The van der Waals surface area contributed by atoms with Crippen molar-refractivity contribution >= 4 is 0 Å². The van der Waals surface area contributed by atoms with Gasteiger partial charge in [0.05, 0.1) is 0 Å². The van der Waals surface area contributed by atoms with Crippen molar-refractivity contribution in [3.8, 4) is 11.1 Å². The molecule has 1 aromatic carbocycles. The Hall–Kier alpha value is -1.84. The van der Waals surface area contributed by atoms with Crippen molar-refractivity contribution in [2.45, 2.75) is 51.4 Å². The summed E-state index contributed by atoms with van der Waals surface area (Å²) in [6.07, 6.45) is 8.26. The van der Waals surface area contributed by atoms with Crippen molar-refractivity contribution < 1.29 is 13.2 Å². The molecule has 24 heavy (non-hydrogen) atoms. The van der Waals surface area contributed by atoms with E-state index < -0.39 is 17.6 Å². The average molecular weight is 333 g/mol. The number of aromatic nitrogens is 1. The van der Waals surface area contributed by atoms with Crippen LogP contribution in [0.1, 0.15) is 56.9 Å². The summed E-state index contributed by atoms with van der Waals surface area (Å²) in [6.45, 7) is 2.22. The first-order valence-electron chi connectivity index (χ1n) is 8.69. The summed E-state index contributed by atoms with van der Waals surface area (Å²) in [5.74, 6) is -1.44. The van der Waals surface area contributed by atoms with Gasteiger partial charge in [0.25, 0.3) is 0 Å². The van der Waals surface area contributed by atoms with Crippen LogP contribution < -0.4 is 0 Å². The van der Waals surface area contributed by atoms with E-state index >= 15 is 0 Å². The molecular formula is C20H22F3N. The maximum atomic E-state index is 14.5. The Morgan fingerprint density at radius 3 is 2.38 bits per heavy atom. The van der Waals surface area contributed by atoms with Crippen LogP contribution in [0.25, 0.3) is 11.1 Å². The predicted molar refractivity (Wildman–Crippen MR) is 89.2 cm³/mol. The maximum absolute atomic E-state index is 14.5. The molecule has 0 unspecified atom stereocenters. The molecule has 1 aliphatic rings. The summed E-state index contributed by atoms with van der Waals surface area (Å²) in [7, 11) is 0. The number of rotatable bonds is 4. The van der Waals surface area contributed by atoms with E-state index in [2.05, 4.69) is 11.9 Å². The molecule has 1 saturated carbocycles. The van der Waals surface area contributed by atoms with Gasteiger partial charge in [-0.3, -0.25) is 0 Å². The third-order valence-electron chi connectivity index (χ3n) is 5.12. The van der Waals surface area contributed by atoms with Gasteiger partial charge in [0.1, 0.15) is 5.82 Å². The van der Waals surface area contributed by atoms with Gasteiger partial charge in [-0.15, -0.1) is 0 Å². The second-order valence-electron chi connectivity index (χ2n) is 6.74. The van der Waals surface area contributed by atoms with Gasteiger partial charge in [0.15, 0.2) is 5.82 Å². The number of halogens is 3. The van der Waals surface area contributed by atoms with Crippen molar-refractivity contribution in [2.24, 2.45) is 5.92 Å². The fourth-order valence-electron chi connectivity index (χ4n) is 3.78. The molecule has 4 heteroatoms. The Bertz CT molecular complexity index is 706. The van der Waals surface area contributed by atoms with Crippen molar-refractivity contribution in [1.82, 2.24) is 4.98 Å². The molecule has 2 aromatic rings. The first-order valence-corrected chi connectivity index (χ1v) is 8.69. The van der Waals surface area contributed by atoms with E-state index in [9.17, 15) is 13.2 Å². The summed E-state index contributed by atoms with van der Waals surface area (Å²) >= 11 is 0. The summed E-state index contributed by atoms with van der Waals surface area (Å²) in [4.78, 5) is 3.33. The van der Waals surface area contributed by atoms with E-state index in [0.717, 1.165) is 36.6 Å². The largest absolute Gasteiger partial charge is 0.248 e. The minimum Gasteiger partial charge on any atom is -0.225 e. The van der Waals surface area contributed by atoms with Crippen LogP contribution >= 0.6 is 0 Å². The zero-order chi connectivity index (χ0) is 17.1. The molecule has 0 N–H and O–H groups in total. The molecule has 1 aromatic heterocycles. The van der Waals surface area contributed by atoms with Gasteiger partial charge in [-0.05, 0) is 55.2 Å². The molecule has 0 atom stereocenters. The normalized spacial score (nSPS) is 21.0. The molecular weight excluding hydrogens is 311 g/mol. The van der Waals surface area contributed by atoms with Crippen molar-refractivity contribution in [3.05, 3.63) is 53.6 Å². The second kappa shape index (κ2) is 7.37. The molecule has 0 amide bonds. The van der Waals surface area contributed by atoms with Crippen molar-refractivity contribution in [2.75, 3.05) is 0 Å². The highest BCUT2D eigenvalue weighted by Crippen LogP contribution is 2.38. The molecule has 0 saturated heterocycles. The highest BCUT2D eigenvalue weighted by atomic mass is 19.2. The Morgan fingerprint density at radius 2 is 1.75 bits per heavy atom. The Morgan fingerprint density at radius 1 is 1.00 bits per heavy atom.